The summed E-state index contributed by atoms with van der Waals surface area (Å²) in [6.45, 7) is 6.83. The van der Waals surface area contributed by atoms with Gasteiger partial charge in [-0.3, -0.25) is 0 Å². The molecule has 2 atom stereocenters. The third-order valence-corrected chi connectivity index (χ3v) is 5.95. The lowest BCUT2D eigenvalue weighted by molar-refractivity contribution is 0.167. The smallest absolute Gasteiger partial charge is 0.0595 e. The number of hydrogen-bond acceptors (Lipinski definition) is 1. The molecule has 0 amide bonds. The molecule has 2 N–H and O–H groups in total. The lowest BCUT2D eigenvalue weighted by atomic mass is 9.59. The van der Waals surface area contributed by atoms with Crippen LogP contribution in [0.25, 0.3) is 0 Å². The Morgan fingerprint density at radius 2 is 1.80 bits per heavy atom. The highest BCUT2D eigenvalue weighted by molar-refractivity contribution is 6.42. The number of hydrogen-bond donors (Lipinski definition) is 1. The van der Waals surface area contributed by atoms with Crippen molar-refractivity contribution >= 4 is 23.2 Å². The fourth-order valence-electron chi connectivity index (χ4n) is 3.14. The normalized spacial score (nSPS) is 20.6. The number of nitrogens with two attached hydrogens (primary N) is 1. The molecule has 3 heteroatoms. The Hall–Kier alpha value is -0.240. The van der Waals surface area contributed by atoms with Gasteiger partial charge in [0.2, 0.25) is 0 Å². The Kier molecular flexibility index (Phi) is 5.05. The highest BCUT2D eigenvalue weighted by Gasteiger charge is 2.44. The monoisotopic (exact) mass is 313 g/mol. The molecule has 1 aromatic rings. The molecule has 2 unspecified atom stereocenters. The molecule has 0 spiro atoms. The second kappa shape index (κ2) is 6.25. The van der Waals surface area contributed by atoms with Crippen molar-refractivity contribution in [2.24, 2.45) is 17.6 Å². The maximum atomic E-state index is 6.60. The van der Waals surface area contributed by atoms with Crippen LogP contribution in [0.5, 0.6) is 0 Å². The van der Waals surface area contributed by atoms with Crippen LogP contribution >= 0.6 is 23.2 Å². The molecule has 2 rings (SSSR count). The van der Waals surface area contributed by atoms with E-state index in [1.54, 1.807) is 0 Å². The minimum Gasteiger partial charge on any atom is -0.327 e. The summed E-state index contributed by atoms with van der Waals surface area (Å²) in [4.78, 5) is 0. The summed E-state index contributed by atoms with van der Waals surface area (Å²) in [5.74, 6) is 1.32. The molecule has 1 aromatic carbocycles. The van der Waals surface area contributed by atoms with E-state index in [2.05, 4.69) is 26.8 Å². The van der Waals surface area contributed by atoms with Gasteiger partial charge in [-0.25, -0.2) is 0 Å². The largest absolute Gasteiger partial charge is 0.327 e. The van der Waals surface area contributed by atoms with E-state index < -0.39 is 0 Å². The highest BCUT2D eigenvalue weighted by Crippen LogP contribution is 2.48. The first-order valence-electron chi connectivity index (χ1n) is 7.58. The molecule has 112 valence electrons. The SMILES string of the molecule is CC(C)C(C)CC(N)C1(c2ccc(Cl)c(Cl)c2)CCC1. The first-order valence-corrected chi connectivity index (χ1v) is 8.33. The second-order valence-corrected chi connectivity index (χ2v) is 7.52. The van der Waals surface area contributed by atoms with E-state index in [9.17, 15) is 0 Å². The van der Waals surface area contributed by atoms with Gasteiger partial charge in [0, 0.05) is 11.5 Å². The summed E-state index contributed by atoms with van der Waals surface area (Å²) in [6.07, 6.45) is 4.65. The molecule has 1 saturated carbocycles. The number of benzene rings is 1. The van der Waals surface area contributed by atoms with Crippen molar-refractivity contribution in [2.75, 3.05) is 0 Å². The van der Waals surface area contributed by atoms with E-state index >= 15 is 0 Å². The Balaban J connectivity index is 2.22. The van der Waals surface area contributed by atoms with Gasteiger partial charge in [0.05, 0.1) is 10.0 Å². The van der Waals surface area contributed by atoms with Crippen LogP contribution in [0.1, 0.15) is 52.0 Å². The van der Waals surface area contributed by atoms with Gasteiger partial charge in [-0.05, 0) is 48.8 Å². The van der Waals surface area contributed by atoms with Crippen molar-refractivity contribution in [3.05, 3.63) is 33.8 Å². The van der Waals surface area contributed by atoms with Crippen LogP contribution in [-0.4, -0.2) is 6.04 Å². The highest BCUT2D eigenvalue weighted by atomic mass is 35.5. The Morgan fingerprint density at radius 3 is 2.25 bits per heavy atom. The van der Waals surface area contributed by atoms with Crippen LogP contribution in [-0.2, 0) is 5.41 Å². The third kappa shape index (κ3) is 3.00. The van der Waals surface area contributed by atoms with Gasteiger partial charge in [0.25, 0.3) is 0 Å². The van der Waals surface area contributed by atoms with Crippen molar-refractivity contribution in [3.8, 4) is 0 Å². The zero-order chi connectivity index (χ0) is 14.9. The first-order chi connectivity index (χ1) is 9.36. The standard InChI is InChI=1S/C17H25Cl2N/c1-11(2)12(3)9-16(20)17(7-4-8-17)13-5-6-14(18)15(19)10-13/h5-6,10-12,16H,4,7-9,20H2,1-3H3. The van der Waals surface area contributed by atoms with E-state index in [0.717, 1.165) is 19.3 Å². The molecule has 0 heterocycles. The quantitative estimate of drug-likeness (QED) is 0.771. The molecular formula is C17H25Cl2N. The van der Waals surface area contributed by atoms with Crippen LogP contribution in [0.3, 0.4) is 0 Å². The minimum absolute atomic E-state index is 0.109. The van der Waals surface area contributed by atoms with Crippen LogP contribution in [0.4, 0.5) is 0 Å². The van der Waals surface area contributed by atoms with Crippen LogP contribution in [0, 0.1) is 11.8 Å². The summed E-state index contributed by atoms with van der Waals surface area (Å²) in [5, 5.41) is 1.26. The minimum atomic E-state index is 0.109. The molecule has 0 bridgehead atoms. The molecule has 0 radical (unpaired) electrons. The van der Waals surface area contributed by atoms with E-state index in [0.29, 0.717) is 21.9 Å². The molecule has 0 aromatic heterocycles. The first kappa shape index (κ1) is 16.1. The molecule has 1 aliphatic rings. The zero-order valence-electron chi connectivity index (χ0n) is 12.6. The molecule has 0 aliphatic heterocycles. The van der Waals surface area contributed by atoms with Crippen LogP contribution in [0.2, 0.25) is 10.0 Å². The predicted octanol–water partition coefficient (Wildman–Crippen LogP) is 5.42. The fourth-order valence-corrected chi connectivity index (χ4v) is 3.43. The maximum Gasteiger partial charge on any atom is 0.0595 e. The summed E-state index contributed by atoms with van der Waals surface area (Å²) < 4.78 is 0. The second-order valence-electron chi connectivity index (χ2n) is 6.70. The maximum absolute atomic E-state index is 6.60. The van der Waals surface area contributed by atoms with Crippen LogP contribution in [0.15, 0.2) is 18.2 Å². The topological polar surface area (TPSA) is 26.0 Å². The summed E-state index contributed by atoms with van der Waals surface area (Å²) in [7, 11) is 0. The van der Waals surface area contributed by atoms with Crippen molar-refractivity contribution < 1.29 is 0 Å². The van der Waals surface area contributed by atoms with Gasteiger partial charge >= 0.3 is 0 Å². The van der Waals surface area contributed by atoms with Crippen molar-refractivity contribution in [1.29, 1.82) is 0 Å². The van der Waals surface area contributed by atoms with Gasteiger partial charge in [0.15, 0.2) is 0 Å². The Labute approximate surface area is 132 Å². The van der Waals surface area contributed by atoms with Crippen molar-refractivity contribution in [3.63, 3.8) is 0 Å². The molecule has 0 saturated heterocycles. The van der Waals surface area contributed by atoms with E-state index in [1.165, 1.54) is 12.0 Å². The Bertz CT molecular complexity index is 466. The summed E-state index contributed by atoms with van der Waals surface area (Å²) in [5.41, 5.74) is 7.97. The molecule has 1 aliphatic carbocycles. The number of halogens is 2. The summed E-state index contributed by atoms with van der Waals surface area (Å²) in [6, 6.07) is 6.22. The molecule has 1 nitrogen and oxygen atoms in total. The Morgan fingerprint density at radius 1 is 1.15 bits per heavy atom. The third-order valence-electron chi connectivity index (χ3n) is 5.21. The van der Waals surface area contributed by atoms with Gasteiger partial charge in [-0.2, -0.15) is 0 Å². The van der Waals surface area contributed by atoms with E-state index in [1.807, 2.05) is 12.1 Å². The average Bonchev–Trinajstić information content (AvgIpc) is 2.32. The van der Waals surface area contributed by atoms with Crippen molar-refractivity contribution in [1.82, 2.24) is 0 Å². The lowest BCUT2D eigenvalue weighted by Crippen LogP contribution is -2.51. The van der Waals surface area contributed by atoms with Gasteiger partial charge in [-0.15, -0.1) is 0 Å². The van der Waals surface area contributed by atoms with E-state index in [4.69, 9.17) is 28.9 Å². The summed E-state index contributed by atoms with van der Waals surface area (Å²) >= 11 is 12.2. The van der Waals surface area contributed by atoms with Gasteiger partial charge in [0.1, 0.15) is 0 Å². The average molecular weight is 314 g/mol. The predicted molar refractivity (Wildman–Crippen MR) is 88.6 cm³/mol. The fraction of sp³-hybridized carbons (Fsp3) is 0.647. The van der Waals surface area contributed by atoms with E-state index in [-0.39, 0.29) is 11.5 Å². The van der Waals surface area contributed by atoms with Crippen molar-refractivity contribution in [2.45, 2.75) is 57.9 Å². The molecular weight excluding hydrogens is 289 g/mol. The van der Waals surface area contributed by atoms with Gasteiger partial charge < -0.3 is 5.73 Å². The lowest BCUT2D eigenvalue weighted by Gasteiger charge is -2.48. The van der Waals surface area contributed by atoms with Gasteiger partial charge in [-0.1, -0.05) is 56.5 Å². The molecule has 20 heavy (non-hydrogen) atoms. The zero-order valence-corrected chi connectivity index (χ0v) is 14.1. The van der Waals surface area contributed by atoms with Crippen LogP contribution < -0.4 is 5.73 Å². The molecule has 1 fully saturated rings. The number of rotatable bonds is 5.